The number of tetrazole rings is 1. The van der Waals surface area contributed by atoms with Crippen molar-refractivity contribution in [1.29, 1.82) is 0 Å². The van der Waals surface area contributed by atoms with Gasteiger partial charge in [0, 0.05) is 18.0 Å². The zero-order valence-electron chi connectivity index (χ0n) is 15.1. The molecule has 1 fully saturated rings. The quantitative estimate of drug-likeness (QED) is 0.715. The Kier molecular flexibility index (Phi) is 4.68. The van der Waals surface area contributed by atoms with Gasteiger partial charge in [0.1, 0.15) is 0 Å². The van der Waals surface area contributed by atoms with E-state index in [-0.39, 0.29) is 10.8 Å². The lowest BCUT2D eigenvalue weighted by Crippen LogP contribution is -2.30. The van der Waals surface area contributed by atoms with Gasteiger partial charge >= 0.3 is 0 Å². The lowest BCUT2D eigenvalue weighted by molar-refractivity contribution is 0.388. The monoisotopic (exact) mass is 389 g/mol. The SMILES string of the molecule is Cc1ccc([C@H]2CC[C@@H](C3=NCCN3)CC2)c(-c2nnn[nH]2)c1S(N)(=O)=O. The van der Waals surface area contributed by atoms with Crippen LogP contribution >= 0.6 is 0 Å². The van der Waals surface area contributed by atoms with Crippen molar-refractivity contribution in [2.24, 2.45) is 16.0 Å². The van der Waals surface area contributed by atoms with Crippen LogP contribution in [0.25, 0.3) is 11.4 Å². The average molecular weight is 389 g/mol. The summed E-state index contributed by atoms with van der Waals surface area (Å²) in [4.78, 5) is 4.65. The van der Waals surface area contributed by atoms with Crippen molar-refractivity contribution in [3.63, 3.8) is 0 Å². The van der Waals surface area contributed by atoms with Crippen molar-refractivity contribution in [1.82, 2.24) is 25.9 Å². The highest BCUT2D eigenvalue weighted by molar-refractivity contribution is 7.89. The Morgan fingerprint density at radius 3 is 2.48 bits per heavy atom. The summed E-state index contributed by atoms with van der Waals surface area (Å²) in [5.41, 5.74) is 2.02. The van der Waals surface area contributed by atoms with Gasteiger partial charge in [0.15, 0.2) is 5.82 Å². The summed E-state index contributed by atoms with van der Waals surface area (Å²) in [5, 5.41) is 22.8. The molecule has 0 bridgehead atoms. The molecule has 0 saturated heterocycles. The highest BCUT2D eigenvalue weighted by Crippen LogP contribution is 2.42. The molecule has 4 N–H and O–H groups in total. The van der Waals surface area contributed by atoms with Gasteiger partial charge in [-0.1, -0.05) is 12.1 Å². The number of benzene rings is 1. The van der Waals surface area contributed by atoms with Crippen molar-refractivity contribution in [2.75, 3.05) is 13.1 Å². The Balaban J connectivity index is 1.71. The van der Waals surface area contributed by atoms with Crippen LogP contribution in [-0.4, -0.2) is 48.0 Å². The molecule has 1 aliphatic heterocycles. The van der Waals surface area contributed by atoms with Crippen LogP contribution in [0, 0.1) is 12.8 Å². The van der Waals surface area contributed by atoms with E-state index in [9.17, 15) is 8.42 Å². The van der Waals surface area contributed by atoms with Gasteiger partial charge in [0.2, 0.25) is 10.0 Å². The first-order valence-corrected chi connectivity index (χ1v) is 10.7. The third-order valence-corrected chi connectivity index (χ3v) is 6.60. The Hall–Kier alpha value is -2.33. The molecule has 144 valence electrons. The summed E-state index contributed by atoms with van der Waals surface area (Å²) in [5.74, 6) is 2.15. The van der Waals surface area contributed by atoms with E-state index in [1.807, 2.05) is 12.1 Å². The fraction of sp³-hybridized carbons (Fsp3) is 0.529. The molecule has 1 saturated carbocycles. The van der Waals surface area contributed by atoms with E-state index in [0.717, 1.165) is 50.2 Å². The van der Waals surface area contributed by atoms with Crippen LogP contribution < -0.4 is 10.5 Å². The Morgan fingerprint density at radius 2 is 1.89 bits per heavy atom. The number of nitrogens with zero attached hydrogens (tertiary/aromatic N) is 4. The summed E-state index contributed by atoms with van der Waals surface area (Å²) in [6.07, 6.45) is 3.94. The van der Waals surface area contributed by atoms with Crippen molar-refractivity contribution in [2.45, 2.75) is 43.4 Å². The standard InChI is InChI=1S/C17H23N7O2S/c1-10-2-7-13(11-3-5-12(6-4-11)16-19-8-9-20-16)14(15(10)27(18,25)26)17-21-23-24-22-17/h2,7,11-12H,3-6,8-9H2,1H3,(H,19,20)(H2,18,25,26)(H,21,22,23,24)/t11-,12+. The van der Waals surface area contributed by atoms with Crippen LogP contribution in [0.3, 0.4) is 0 Å². The lowest BCUT2D eigenvalue weighted by Gasteiger charge is -2.30. The molecule has 0 atom stereocenters. The first kappa shape index (κ1) is 18.1. The third kappa shape index (κ3) is 3.46. The number of aromatic amines is 1. The molecule has 2 aromatic rings. The second-order valence-electron chi connectivity index (χ2n) is 7.21. The zero-order chi connectivity index (χ0) is 19.0. The number of sulfonamides is 1. The van der Waals surface area contributed by atoms with Crippen molar-refractivity contribution >= 4 is 15.9 Å². The molecule has 2 heterocycles. The fourth-order valence-electron chi connectivity index (χ4n) is 4.29. The topological polar surface area (TPSA) is 139 Å². The molecule has 1 aromatic heterocycles. The van der Waals surface area contributed by atoms with Crippen LogP contribution in [0.5, 0.6) is 0 Å². The van der Waals surface area contributed by atoms with Gasteiger partial charge in [-0.05, 0) is 60.1 Å². The second-order valence-corrected chi connectivity index (χ2v) is 8.71. The Morgan fingerprint density at radius 1 is 1.15 bits per heavy atom. The smallest absolute Gasteiger partial charge is 0.239 e. The highest BCUT2D eigenvalue weighted by atomic mass is 32.2. The number of H-pyrrole nitrogens is 1. The number of amidine groups is 1. The predicted octanol–water partition coefficient (Wildman–Crippen LogP) is 1.10. The summed E-state index contributed by atoms with van der Waals surface area (Å²) >= 11 is 0. The van der Waals surface area contributed by atoms with E-state index in [1.54, 1.807) is 6.92 Å². The maximum Gasteiger partial charge on any atom is 0.239 e. The number of aryl methyl sites for hydroxylation is 1. The fourth-order valence-corrected chi connectivity index (χ4v) is 5.30. The van der Waals surface area contributed by atoms with E-state index in [4.69, 9.17) is 5.14 Å². The van der Waals surface area contributed by atoms with E-state index < -0.39 is 10.0 Å². The number of nitrogens with two attached hydrogens (primary N) is 1. The lowest BCUT2D eigenvalue weighted by atomic mass is 9.76. The molecular weight excluding hydrogens is 366 g/mol. The van der Waals surface area contributed by atoms with Gasteiger partial charge in [-0.15, -0.1) is 5.10 Å². The molecule has 10 heteroatoms. The number of hydrogen-bond donors (Lipinski definition) is 3. The van der Waals surface area contributed by atoms with Gasteiger partial charge in [0.05, 0.1) is 17.3 Å². The van der Waals surface area contributed by atoms with Crippen molar-refractivity contribution < 1.29 is 8.42 Å². The molecule has 27 heavy (non-hydrogen) atoms. The number of hydrogen-bond acceptors (Lipinski definition) is 7. The Labute approximate surface area is 157 Å². The van der Waals surface area contributed by atoms with Crippen LogP contribution in [0.1, 0.15) is 42.7 Å². The molecule has 1 aliphatic carbocycles. The van der Waals surface area contributed by atoms with Gasteiger partial charge in [-0.3, -0.25) is 4.99 Å². The largest absolute Gasteiger partial charge is 0.372 e. The van der Waals surface area contributed by atoms with E-state index >= 15 is 0 Å². The van der Waals surface area contributed by atoms with E-state index in [2.05, 4.69) is 30.9 Å². The van der Waals surface area contributed by atoms with Crippen LogP contribution in [-0.2, 0) is 10.0 Å². The van der Waals surface area contributed by atoms with Gasteiger partial charge < -0.3 is 5.32 Å². The minimum atomic E-state index is -3.92. The Bertz CT molecular complexity index is 961. The third-order valence-electron chi connectivity index (χ3n) is 5.51. The van der Waals surface area contributed by atoms with Crippen LogP contribution in [0.2, 0.25) is 0 Å². The van der Waals surface area contributed by atoms with Crippen molar-refractivity contribution in [3.8, 4) is 11.4 Å². The zero-order valence-corrected chi connectivity index (χ0v) is 16.0. The molecular formula is C17H23N7O2S. The summed E-state index contributed by atoms with van der Waals surface area (Å²) < 4.78 is 24.6. The maximum atomic E-state index is 12.3. The molecule has 2 aliphatic rings. The number of aromatic nitrogens is 4. The first-order valence-electron chi connectivity index (χ1n) is 9.13. The first-order chi connectivity index (χ1) is 12.9. The molecule has 4 rings (SSSR count). The summed E-state index contributed by atoms with van der Waals surface area (Å²) in [7, 11) is -3.92. The van der Waals surface area contributed by atoms with E-state index in [1.165, 1.54) is 0 Å². The average Bonchev–Trinajstić information content (AvgIpc) is 3.34. The number of rotatable bonds is 4. The normalized spacial score (nSPS) is 23.1. The summed E-state index contributed by atoms with van der Waals surface area (Å²) in [6, 6.07) is 3.80. The van der Waals surface area contributed by atoms with Crippen molar-refractivity contribution in [3.05, 3.63) is 23.3 Å². The number of nitrogens with one attached hydrogen (secondary N) is 2. The van der Waals surface area contributed by atoms with Gasteiger partial charge in [0.25, 0.3) is 0 Å². The van der Waals surface area contributed by atoms with E-state index in [0.29, 0.717) is 22.9 Å². The van der Waals surface area contributed by atoms with Gasteiger partial charge in [-0.2, -0.15) is 0 Å². The predicted molar refractivity (Wildman–Crippen MR) is 101 cm³/mol. The minimum absolute atomic E-state index is 0.0995. The number of primary sulfonamides is 1. The molecule has 0 radical (unpaired) electrons. The van der Waals surface area contributed by atoms with Crippen LogP contribution in [0.15, 0.2) is 22.0 Å². The van der Waals surface area contributed by atoms with Gasteiger partial charge in [-0.25, -0.2) is 18.7 Å². The molecule has 0 unspecified atom stereocenters. The number of aliphatic imine (C=N–C) groups is 1. The maximum absolute atomic E-state index is 12.3. The second kappa shape index (κ2) is 7.01. The van der Waals surface area contributed by atoms with Crippen LogP contribution in [0.4, 0.5) is 0 Å². The molecule has 0 amide bonds. The summed E-state index contributed by atoms with van der Waals surface area (Å²) in [6.45, 7) is 3.51. The molecule has 0 spiro atoms. The minimum Gasteiger partial charge on any atom is -0.372 e. The molecule has 1 aromatic carbocycles. The highest BCUT2D eigenvalue weighted by Gasteiger charge is 2.31. The molecule has 9 nitrogen and oxygen atoms in total.